The Labute approximate surface area is 126 Å². The third-order valence-corrected chi connectivity index (χ3v) is 6.65. The minimum Gasteiger partial charge on any atom is -0.342 e. The summed E-state index contributed by atoms with van der Waals surface area (Å²) in [4.78, 5) is 26.2. The van der Waals surface area contributed by atoms with Crippen molar-refractivity contribution in [1.82, 2.24) is 10.2 Å². The van der Waals surface area contributed by atoms with E-state index in [2.05, 4.69) is 5.32 Å². The van der Waals surface area contributed by atoms with E-state index in [9.17, 15) is 18.0 Å². The lowest BCUT2D eigenvalue weighted by Gasteiger charge is -2.42. The second-order valence-corrected chi connectivity index (χ2v) is 9.51. The maximum atomic E-state index is 12.6. The molecule has 2 aliphatic heterocycles. The molecule has 2 saturated heterocycles. The Balaban J connectivity index is 2.23. The molecule has 3 unspecified atom stereocenters. The van der Waals surface area contributed by atoms with Gasteiger partial charge < -0.3 is 10.2 Å². The third kappa shape index (κ3) is 3.07. The van der Waals surface area contributed by atoms with E-state index in [4.69, 9.17) is 0 Å². The van der Waals surface area contributed by atoms with E-state index in [-0.39, 0.29) is 24.1 Å². The highest BCUT2D eigenvalue weighted by Crippen LogP contribution is 2.27. The number of carbonyl (C=O) groups excluding carboxylic acids is 2. The summed E-state index contributed by atoms with van der Waals surface area (Å²) in [6.07, 6.45) is 1.21. The summed E-state index contributed by atoms with van der Waals surface area (Å²) in [5, 5.41) is 2.22. The van der Waals surface area contributed by atoms with E-state index in [1.165, 1.54) is 4.90 Å². The standard InChI is InChI=1S/C14H24N2O4S/c1-9-12(17)15-11(14(2,3)4)13(18)16(9)8-10-6-5-7-21(10,19)20/h9-11H,5-8H2,1-4H3,(H,15,17). The molecule has 2 heterocycles. The molecule has 0 bridgehead atoms. The van der Waals surface area contributed by atoms with Crippen molar-refractivity contribution in [2.75, 3.05) is 12.3 Å². The number of sulfone groups is 1. The van der Waals surface area contributed by atoms with E-state index in [1.807, 2.05) is 20.8 Å². The number of carbonyl (C=O) groups is 2. The summed E-state index contributed by atoms with van der Waals surface area (Å²) >= 11 is 0. The lowest BCUT2D eigenvalue weighted by molar-refractivity contribution is -0.151. The average Bonchev–Trinajstić information content (AvgIpc) is 2.67. The summed E-state index contributed by atoms with van der Waals surface area (Å²) in [7, 11) is -3.13. The van der Waals surface area contributed by atoms with Crippen molar-refractivity contribution in [2.45, 2.75) is 57.9 Å². The Kier molecular flexibility index (Phi) is 4.08. The number of nitrogens with zero attached hydrogens (tertiary/aromatic N) is 1. The van der Waals surface area contributed by atoms with Crippen molar-refractivity contribution < 1.29 is 18.0 Å². The molecule has 1 N–H and O–H groups in total. The highest BCUT2D eigenvalue weighted by atomic mass is 32.2. The van der Waals surface area contributed by atoms with E-state index >= 15 is 0 Å². The van der Waals surface area contributed by atoms with Gasteiger partial charge in [-0.15, -0.1) is 0 Å². The molecule has 0 aliphatic carbocycles. The van der Waals surface area contributed by atoms with Gasteiger partial charge in [-0.1, -0.05) is 20.8 Å². The zero-order valence-corrected chi connectivity index (χ0v) is 13.9. The van der Waals surface area contributed by atoms with E-state index in [0.717, 1.165) is 0 Å². The second kappa shape index (κ2) is 5.26. The molecule has 6 nitrogen and oxygen atoms in total. The van der Waals surface area contributed by atoms with Crippen LogP contribution in [0.2, 0.25) is 0 Å². The van der Waals surface area contributed by atoms with Crippen molar-refractivity contribution in [3.8, 4) is 0 Å². The molecular weight excluding hydrogens is 292 g/mol. The van der Waals surface area contributed by atoms with Crippen LogP contribution in [-0.4, -0.2) is 54.8 Å². The van der Waals surface area contributed by atoms with Gasteiger partial charge in [0.05, 0.1) is 11.0 Å². The molecule has 0 aromatic carbocycles. The predicted molar refractivity (Wildman–Crippen MR) is 79.4 cm³/mol. The van der Waals surface area contributed by atoms with Crippen LogP contribution in [0, 0.1) is 5.41 Å². The molecule has 7 heteroatoms. The first-order chi connectivity index (χ1) is 9.54. The fraction of sp³-hybridized carbons (Fsp3) is 0.857. The molecule has 2 amide bonds. The minimum absolute atomic E-state index is 0.127. The topological polar surface area (TPSA) is 83.6 Å². The van der Waals surface area contributed by atoms with Crippen LogP contribution in [0.15, 0.2) is 0 Å². The first-order valence-electron chi connectivity index (χ1n) is 7.36. The number of amides is 2. The van der Waals surface area contributed by atoms with Crippen molar-refractivity contribution in [1.29, 1.82) is 0 Å². The van der Waals surface area contributed by atoms with E-state index < -0.39 is 32.6 Å². The van der Waals surface area contributed by atoms with Gasteiger partial charge in [-0.3, -0.25) is 9.59 Å². The second-order valence-electron chi connectivity index (χ2n) is 7.11. The molecule has 120 valence electrons. The maximum Gasteiger partial charge on any atom is 0.246 e. The van der Waals surface area contributed by atoms with Crippen molar-refractivity contribution in [3.63, 3.8) is 0 Å². The molecule has 0 saturated carbocycles. The largest absolute Gasteiger partial charge is 0.342 e. The van der Waals surface area contributed by atoms with Crippen LogP contribution in [0.5, 0.6) is 0 Å². The number of hydrogen-bond donors (Lipinski definition) is 1. The summed E-state index contributed by atoms with van der Waals surface area (Å²) in [6.45, 7) is 7.43. The highest BCUT2D eigenvalue weighted by Gasteiger charge is 2.45. The van der Waals surface area contributed by atoms with E-state index in [1.54, 1.807) is 6.92 Å². The van der Waals surface area contributed by atoms with Gasteiger partial charge in [-0.2, -0.15) is 0 Å². The summed E-state index contributed by atoms with van der Waals surface area (Å²) < 4.78 is 23.9. The van der Waals surface area contributed by atoms with Crippen LogP contribution in [-0.2, 0) is 19.4 Å². The van der Waals surface area contributed by atoms with Gasteiger partial charge in [0.25, 0.3) is 0 Å². The predicted octanol–water partition coefficient (Wildman–Crippen LogP) is 0.325. The average molecular weight is 316 g/mol. The summed E-state index contributed by atoms with van der Waals surface area (Å²) in [5.41, 5.74) is -0.403. The molecule has 0 aromatic rings. The van der Waals surface area contributed by atoms with E-state index in [0.29, 0.717) is 12.8 Å². The van der Waals surface area contributed by atoms with Crippen molar-refractivity contribution in [3.05, 3.63) is 0 Å². The van der Waals surface area contributed by atoms with Crippen LogP contribution in [0.3, 0.4) is 0 Å². The minimum atomic E-state index is -3.13. The Hall–Kier alpha value is -1.11. The first kappa shape index (κ1) is 16.3. The Morgan fingerprint density at radius 2 is 1.90 bits per heavy atom. The van der Waals surface area contributed by atoms with Gasteiger partial charge >= 0.3 is 0 Å². The quantitative estimate of drug-likeness (QED) is 0.795. The number of hydrogen-bond acceptors (Lipinski definition) is 4. The Bertz CT molecular complexity index is 550. The highest BCUT2D eigenvalue weighted by molar-refractivity contribution is 7.92. The SMILES string of the molecule is CC1C(=O)NC(C(C)(C)C)C(=O)N1CC1CCCS1(=O)=O. The van der Waals surface area contributed by atoms with Gasteiger partial charge in [0, 0.05) is 6.54 Å². The molecule has 0 spiro atoms. The first-order valence-corrected chi connectivity index (χ1v) is 9.08. The van der Waals surface area contributed by atoms with Crippen molar-refractivity contribution in [2.24, 2.45) is 5.41 Å². The number of piperazine rings is 1. The van der Waals surface area contributed by atoms with Gasteiger partial charge in [0.1, 0.15) is 12.1 Å². The molecule has 0 radical (unpaired) electrons. The van der Waals surface area contributed by atoms with Crippen LogP contribution in [0.25, 0.3) is 0 Å². The summed E-state index contributed by atoms with van der Waals surface area (Å²) in [5.74, 6) is -0.218. The smallest absolute Gasteiger partial charge is 0.246 e. The van der Waals surface area contributed by atoms with Gasteiger partial charge in [-0.25, -0.2) is 8.42 Å². The lowest BCUT2D eigenvalue weighted by Crippen LogP contribution is -2.66. The molecule has 21 heavy (non-hydrogen) atoms. The Morgan fingerprint density at radius 1 is 1.29 bits per heavy atom. The number of nitrogens with one attached hydrogen (secondary N) is 1. The zero-order valence-electron chi connectivity index (χ0n) is 13.0. The molecule has 2 aliphatic rings. The third-order valence-electron chi connectivity index (χ3n) is 4.39. The summed E-state index contributed by atoms with van der Waals surface area (Å²) in [6, 6.07) is -1.22. The fourth-order valence-corrected chi connectivity index (χ4v) is 4.76. The molecule has 2 rings (SSSR count). The van der Waals surface area contributed by atoms with Gasteiger partial charge in [-0.05, 0) is 25.2 Å². The maximum absolute atomic E-state index is 12.6. The zero-order chi connectivity index (χ0) is 16.0. The molecule has 0 aromatic heterocycles. The molecule has 2 fully saturated rings. The van der Waals surface area contributed by atoms with Gasteiger partial charge in [0.2, 0.25) is 11.8 Å². The fourth-order valence-electron chi connectivity index (χ4n) is 2.94. The lowest BCUT2D eigenvalue weighted by atomic mass is 9.84. The molecular formula is C14H24N2O4S. The number of rotatable bonds is 2. The van der Waals surface area contributed by atoms with Crippen LogP contribution < -0.4 is 5.32 Å². The monoisotopic (exact) mass is 316 g/mol. The normalized spacial score (nSPS) is 33.1. The van der Waals surface area contributed by atoms with Crippen LogP contribution in [0.1, 0.15) is 40.5 Å². The Morgan fingerprint density at radius 3 is 2.38 bits per heavy atom. The van der Waals surface area contributed by atoms with Gasteiger partial charge in [0.15, 0.2) is 9.84 Å². The van der Waals surface area contributed by atoms with Crippen LogP contribution >= 0.6 is 0 Å². The van der Waals surface area contributed by atoms with Crippen molar-refractivity contribution >= 4 is 21.7 Å². The molecule has 3 atom stereocenters. The van der Waals surface area contributed by atoms with Crippen LogP contribution in [0.4, 0.5) is 0 Å².